The second-order valence-electron chi connectivity index (χ2n) is 5.66. The predicted octanol–water partition coefficient (Wildman–Crippen LogP) is 0.931. The number of ether oxygens (including phenoxy) is 1. The summed E-state index contributed by atoms with van der Waals surface area (Å²) in [6.07, 6.45) is 2.76. The van der Waals surface area contributed by atoms with Crippen LogP contribution in [-0.2, 0) is 9.53 Å². The van der Waals surface area contributed by atoms with E-state index >= 15 is 0 Å². The predicted molar refractivity (Wildman–Crippen MR) is 81.6 cm³/mol. The first kappa shape index (κ1) is 17.4. The Hall–Kier alpha value is -0.650. The average Bonchev–Trinajstić information content (AvgIpc) is 2.47. The molecule has 1 fully saturated rings. The highest BCUT2D eigenvalue weighted by Gasteiger charge is 2.23. The van der Waals surface area contributed by atoms with Gasteiger partial charge in [0, 0.05) is 51.9 Å². The first-order chi connectivity index (χ1) is 9.62. The van der Waals surface area contributed by atoms with E-state index in [0.29, 0.717) is 18.9 Å². The van der Waals surface area contributed by atoms with Gasteiger partial charge in [0.25, 0.3) is 0 Å². The Labute approximate surface area is 123 Å². The molecule has 1 unspecified atom stereocenters. The van der Waals surface area contributed by atoms with E-state index in [1.807, 2.05) is 18.7 Å². The highest BCUT2D eigenvalue weighted by molar-refractivity contribution is 5.76. The van der Waals surface area contributed by atoms with Crippen molar-refractivity contribution in [1.29, 1.82) is 0 Å². The zero-order valence-corrected chi connectivity index (χ0v) is 13.3. The smallest absolute Gasteiger partial charge is 0.224 e. The van der Waals surface area contributed by atoms with Crippen molar-refractivity contribution < 1.29 is 9.53 Å². The Morgan fingerprint density at radius 2 is 1.90 bits per heavy atom. The number of carbonyl (C=O) groups excluding carboxylic acids is 1. The molecule has 5 nitrogen and oxygen atoms in total. The fraction of sp³-hybridized carbons (Fsp3) is 0.933. The van der Waals surface area contributed by atoms with Crippen LogP contribution in [0.1, 0.15) is 33.1 Å². The fourth-order valence-electron chi connectivity index (χ4n) is 2.81. The third-order valence-corrected chi connectivity index (χ3v) is 4.31. The molecule has 1 aliphatic heterocycles. The van der Waals surface area contributed by atoms with Crippen LogP contribution < -0.4 is 5.73 Å². The van der Waals surface area contributed by atoms with Crippen molar-refractivity contribution in [3.05, 3.63) is 0 Å². The van der Waals surface area contributed by atoms with Crippen molar-refractivity contribution >= 4 is 5.91 Å². The summed E-state index contributed by atoms with van der Waals surface area (Å²) in [5.41, 5.74) is 5.87. The maximum Gasteiger partial charge on any atom is 0.224 e. The number of nitrogens with two attached hydrogens (primary N) is 1. The molecule has 1 heterocycles. The Bertz CT molecular complexity index is 276. The summed E-state index contributed by atoms with van der Waals surface area (Å²) in [5.74, 6) is 0.885. The van der Waals surface area contributed by atoms with Crippen LogP contribution in [0.5, 0.6) is 0 Å². The molecule has 5 heteroatoms. The molecule has 1 amide bonds. The molecule has 0 aromatic carbocycles. The molecule has 0 radical (unpaired) electrons. The number of carbonyl (C=O) groups is 1. The van der Waals surface area contributed by atoms with E-state index in [0.717, 1.165) is 45.7 Å². The van der Waals surface area contributed by atoms with Crippen LogP contribution in [0, 0.1) is 5.92 Å². The van der Waals surface area contributed by atoms with E-state index in [2.05, 4.69) is 11.9 Å². The lowest BCUT2D eigenvalue weighted by atomic mass is 9.98. The van der Waals surface area contributed by atoms with Gasteiger partial charge in [-0.05, 0) is 39.7 Å². The third-order valence-electron chi connectivity index (χ3n) is 4.31. The molecule has 0 aromatic rings. The van der Waals surface area contributed by atoms with Crippen molar-refractivity contribution in [2.75, 3.05) is 46.4 Å². The summed E-state index contributed by atoms with van der Waals surface area (Å²) >= 11 is 0. The first-order valence-electron chi connectivity index (χ1n) is 7.88. The van der Waals surface area contributed by atoms with Gasteiger partial charge in [0.1, 0.15) is 0 Å². The topological polar surface area (TPSA) is 58.8 Å². The second-order valence-corrected chi connectivity index (χ2v) is 5.66. The summed E-state index contributed by atoms with van der Waals surface area (Å²) in [5, 5.41) is 0. The largest absolute Gasteiger partial charge is 0.381 e. The van der Waals surface area contributed by atoms with Gasteiger partial charge in [-0.2, -0.15) is 0 Å². The molecule has 1 saturated heterocycles. The summed E-state index contributed by atoms with van der Waals surface area (Å²) in [6.45, 7) is 8.86. The molecule has 0 saturated carbocycles. The maximum absolute atomic E-state index is 12.2. The van der Waals surface area contributed by atoms with Gasteiger partial charge in [-0.15, -0.1) is 0 Å². The Kier molecular flexibility index (Phi) is 8.11. The fourth-order valence-corrected chi connectivity index (χ4v) is 2.81. The van der Waals surface area contributed by atoms with Gasteiger partial charge in [0.15, 0.2) is 0 Å². The van der Waals surface area contributed by atoms with E-state index in [4.69, 9.17) is 10.5 Å². The number of hydrogen-bond acceptors (Lipinski definition) is 4. The number of hydrogen-bond donors (Lipinski definition) is 1. The maximum atomic E-state index is 12.2. The molecule has 2 N–H and O–H groups in total. The monoisotopic (exact) mass is 285 g/mol. The third kappa shape index (κ3) is 5.38. The van der Waals surface area contributed by atoms with Crippen LogP contribution in [0.4, 0.5) is 0 Å². The normalized spacial score (nSPS) is 18.2. The van der Waals surface area contributed by atoms with Crippen LogP contribution in [0.3, 0.4) is 0 Å². The SMILES string of the molecule is CCN(CC)C(=O)CC(CN)N(C)CC1CCOCC1. The van der Waals surface area contributed by atoms with Crippen molar-refractivity contribution in [1.82, 2.24) is 9.80 Å². The minimum Gasteiger partial charge on any atom is -0.381 e. The van der Waals surface area contributed by atoms with Crippen LogP contribution in [-0.4, -0.2) is 68.2 Å². The van der Waals surface area contributed by atoms with Crippen molar-refractivity contribution in [3.63, 3.8) is 0 Å². The van der Waals surface area contributed by atoms with Crippen molar-refractivity contribution in [2.45, 2.75) is 39.2 Å². The minimum absolute atomic E-state index is 0.144. The Balaban J connectivity index is 2.45. The summed E-state index contributed by atoms with van der Waals surface area (Å²) in [6, 6.07) is 0.144. The van der Waals surface area contributed by atoms with Gasteiger partial charge >= 0.3 is 0 Å². The van der Waals surface area contributed by atoms with E-state index in [1.54, 1.807) is 0 Å². The summed E-state index contributed by atoms with van der Waals surface area (Å²) in [7, 11) is 2.09. The average molecular weight is 285 g/mol. The second kappa shape index (κ2) is 9.32. The van der Waals surface area contributed by atoms with Gasteiger partial charge in [-0.3, -0.25) is 4.79 Å². The first-order valence-corrected chi connectivity index (χ1v) is 7.88. The zero-order valence-electron chi connectivity index (χ0n) is 13.3. The minimum atomic E-state index is 0.144. The van der Waals surface area contributed by atoms with E-state index in [-0.39, 0.29) is 11.9 Å². The van der Waals surface area contributed by atoms with E-state index < -0.39 is 0 Å². The zero-order chi connectivity index (χ0) is 15.0. The van der Waals surface area contributed by atoms with Gasteiger partial charge < -0.3 is 20.3 Å². The van der Waals surface area contributed by atoms with Crippen LogP contribution in [0.2, 0.25) is 0 Å². The number of nitrogens with zero attached hydrogens (tertiary/aromatic N) is 2. The number of amides is 1. The Morgan fingerprint density at radius 3 is 2.40 bits per heavy atom. The molecule has 0 bridgehead atoms. The molecular formula is C15H31N3O2. The summed E-state index contributed by atoms with van der Waals surface area (Å²) in [4.78, 5) is 16.3. The molecule has 20 heavy (non-hydrogen) atoms. The van der Waals surface area contributed by atoms with Crippen molar-refractivity contribution in [2.24, 2.45) is 11.7 Å². The molecule has 1 rings (SSSR count). The molecule has 1 aliphatic rings. The Morgan fingerprint density at radius 1 is 1.30 bits per heavy atom. The highest BCUT2D eigenvalue weighted by Crippen LogP contribution is 2.17. The van der Waals surface area contributed by atoms with Crippen molar-refractivity contribution in [3.8, 4) is 0 Å². The van der Waals surface area contributed by atoms with Gasteiger partial charge in [-0.1, -0.05) is 0 Å². The quantitative estimate of drug-likeness (QED) is 0.721. The molecule has 0 aliphatic carbocycles. The van der Waals surface area contributed by atoms with Gasteiger partial charge in [-0.25, -0.2) is 0 Å². The van der Waals surface area contributed by atoms with Crippen LogP contribution in [0.15, 0.2) is 0 Å². The van der Waals surface area contributed by atoms with Crippen LogP contribution in [0.25, 0.3) is 0 Å². The highest BCUT2D eigenvalue weighted by atomic mass is 16.5. The molecule has 1 atom stereocenters. The van der Waals surface area contributed by atoms with Gasteiger partial charge in [0.05, 0.1) is 0 Å². The number of likely N-dealkylation sites (N-methyl/N-ethyl adjacent to an activating group) is 1. The molecular weight excluding hydrogens is 254 g/mol. The summed E-state index contributed by atoms with van der Waals surface area (Å²) < 4.78 is 5.39. The lowest BCUT2D eigenvalue weighted by molar-refractivity contribution is -0.132. The lowest BCUT2D eigenvalue weighted by Crippen LogP contribution is -2.45. The van der Waals surface area contributed by atoms with E-state index in [9.17, 15) is 4.79 Å². The molecule has 0 aromatic heterocycles. The lowest BCUT2D eigenvalue weighted by Gasteiger charge is -2.33. The number of rotatable bonds is 8. The molecule has 118 valence electrons. The van der Waals surface area contributed by atoms with Crippen LogP contribution >= 0.6 is 0 Å². The standard InChI is InChI=1S/C15H31N3O2/c1-4-18(5-2)15(19)10-14(11-16)17(3)12-13-6-8-20-9-7-13/h13-14H,4-12,16H2,1-3H3. The van der Waals surface area contributed by atoms with Gasteiger partial charge in [0.2, 0.25) is 5.91 Å². The van der Waals surface area contributed by atoms with E-state index in [1.165, 1.54) is 0 Å². The molecule has 0 spiro atoms.